The van der Waals surface area contributed by atoms with Crippen LogP contribution in [0.5, 0.6) is 0 Å². The Bertz CT molecular complexity index is 883. The van der Waals surface area contributed by atoms with E-state index >= 15 is 0 Å². The van der Waals surface area contributed by atoms with Crippen LogP contribution in [0.4, 0.5) is 0 Å². The van der Waals surface area contributed by atoms with Gasteiger partial charge in [0.15, 0.2) is 0 Å². The molecule has 3 aromatic carbocycles. The maximum absolute atomic E-state index is 9.89. The molecule has 0 aliphatic heterocycles. The van der Waals surface area contributed by atoms with Crippen LogP contribution in [-0.2, 0) is 0 Å². The fourth-order valence-corrected chi connectivity index (χ4v) is 3.13. The Kier molecular flexibility index (Phi) is 4.15. The van der Waals surface area contributed by atoms with Crippen molar-refractivity contribution >= 4 is 35.5 Å². The summed E-state index contributed by atoms with van der Waals surface area (Å²) in [4.78, 5) is 0. The molecule has 112 valence electrons. The highest BCUT2D eigenvalue weighted by atomic mass is 16.4. The highest BCUT2D eigenvalue weighted by Crippen LogP contribution is 2.35. The molecule has 0 radical (unpaired) electrons. The summed E-state index contributed by atoms with van der Waals surface area (Å²) < 4.78 is 0. The van der Waals surface area contributed by atoms with Gasteiger partial charge in [0.2, 0.25) is 0 Å². The predicted octanol–water partition coefficient (Wildman–Crippen LogP) is 3.47. The molecule has 0 saturated carbocycles. The van der Waals surface area contributed by atoms with Gasteiger partial charge < -0.3 is 10.0 Å². The van der Waals surface area contributed by atoms with E-state index in [2.05, 4.69) is 13.2 Å². The zero-order valence-corrected chi connectivity index (χ0v) is 12.7. The predicted molar refractivity (Wildman–Crippen MR) is 99.4 cm³/mol. The van der Waals surface area contributed by atoms with Crippen LogP contribution < -0.4 is 5.46 Å². The fourth-order valence-electron chi connectivity index (χ4n) is 3.13. The number of hydrogen-bond acceptors (Lipinski definition) is 2. The number of rotatable bonds is 4. The molecular weight excluding hydrogens is 283 g/mol. The van der Waals surface area contributed by atoms with Crippen molar-refractivity contribution in [3.63, 3.8) is 0 Å². The van der Waals surface area contributed by atoms with Crippen molar-refractivity contribution in [1.82, 2.24) is 0 Å². The van der Waals surface area contributed by atoms with E-state index in [0.717, 1.165) is 27.5 Å². The summed E-state index contributed by atoms with van der Waals surface area (Å²) in [5.41, 5.74) is 4.10. The lowest BCUT2D eigenvalue weighted by Crippen LogP contribution is -2.33. The largest absolute Gasteiger partial charge is 0.489 e. The molecule has 0 atom stereocenters. The third-order valence-corrected chi connectivity index (χ3v) is 4.07. The average Bonchev–Trinajstić information content (AvgIpc) is 2.59. The molecule has 0 amide bonds. The van der Waals surface area contributed by atoms with E-state index < -0.39 is 7.12 Å². The molecule has 0 saturated heterocycles. The van der Waals surface area contributed by atoms with E-state index in [1.54, 1.807) is 12.2 Å². The van der Waals surface area contributed by atoms with Crippen LogP contribution in [0.3, 0.4) is 0 Å². The first-order valence-corrected chi connectivity index (χ1v) is 7.44. The molecule has 2 N–H and O–H groups in total. The minimum absolute atomic E-state index is 0.463. The standard InChI is InChI=1S/C20H17BO2/c1-3-15-16(4-2)20(21(22)23)18-13-9-8-12-17(18)19(15)14-10-6-5-7-11-14/h3-13,22-23H,1-2H2. The van der Waals surface area contributed by atoms with Crippen molar-refractivity contribution in [2.45, 2.75) is 0 Å². The second-order valence-corrected chi connectivity index (χ2v) is 5.31. The molecule has 0 heterocycles. The van der Waals surface area contributed by atoms with Crippen molar-refractivity contribution in [3.05, 3.63) is 78.9 Å². The summed E-state index contributed by atoms with van der Waals surface area (Å²) in [5.74, 6) is 0. The summed E-state index contributed by atoms with van der Waals surface area (Å²) in [5, 5.41) is 21.5. The molecule has 0 bridgehead atoms. The van der Waals surface area contributed by atoms with Crippen molar-refractivity contribution in [3.8, 4) is 11.1 Å². The molecule has 3 aromatic rings. The van der Waals surface area contributed by atoms with Crippen LogP contribution in [0.15, 0.2) is 67.8 Å². The lowest BCUT2D eigenvalue weighted by molar-refractivity contribution is 0.426. The Morgan fingerprint density at radius 1 is 0.739 bits per heavy atom. The second kappa shape index (κ2) is 6.25. The lowest BCUT2D eigenvalue weighted by atomic mass is 9.70. The summed E-state index contributed by atoms with van der Waals surface area (Å²) in [7, 11) is -1.57. The quantitative estimate of drug-likeness (QED) is 0.724. The van der Waals surface area contributed by atoms with Crippen molar-refractivity contribution in [2.75, 3.05) is 0 Å². The number of fused-ring (bicyclic) bond motifs is 1. The Hall–Kier alpha value is -2.62. The van der Waals surface area contributed by atoms with Crippen LogP contribution >= 0.6 is 0 Å². The highest BCUT2D eigenvalue weighted by Gasteiger charge is 2.23. The molecule has 2 nitrogen and oxygen atoms in total. The zero-order valence-electron chi connectivity index (χ0n) is 12.7. The summed E-state index contributed by atoms with van der Waals surface area (Å²) in [6.07, 6.45) is 3.41. The van der Waals surface area contributed by atoms with Gasteiger partial charge in [0, 0.05) is 0 Å². The van der Waals surface area contributed by atoms with Gasteiger partial charge in [0.05, 0.1) is 0 Å². The molecule has 0 unspecified atom stereocenters. The molecule has 0 spiro atoms. The molecule has 0 aromatic heterocycles. The molecule has 0 aliphatic rings. The van der Waals surface area contributed by atoms with Gasteiger partial charge in [-0.1, -0.05) is 79.9 Å². The van der Waals surface area contributed by atoms with Crippen LogP contribution in [0.2, 0.25) is 0 Å². The monoisotopic (exact) mass is 300 g/mol. The Labute approximate surface area is 136 Å². The minimum atomic E-state index is -1.57. The van der Waals surface area contributed by atoms with Gasteiger partial charge in [-0.3, -0.25) is 0 Å². The lowest BCUT2D eigenvalue weighted by Gasteiger charge is -2.19. The Morgan fingerprint density at radius 2 is 1.30 bits per heavy atom. The third-order valence-electron chi connectivity index (χ3n) is 4.07. The first kappa shape index (κ1) is 15.3. The summed E-state index contributed by atoms with van der Waals surface area (Å²) in [6.45, 7) is 7.78. The molecule has 3 rings (SSSR count). The SMILES string of the molecule is C=Cc1c(C=C)c(-c2ccccc2)c2ccccc2c1B(O)O. The van der Waals surface area contributed by atoms with Gasteiger partial charge in [0.1, 0.15) is 0 Å². The van der Waals surface area contributed by atoms with E-state index in [-0.39, 0.29) is 0 Å². The fraction of sp³-hybridized carbons (Fsp3) is 0. The van der Waals surface area contributed by atoms with Crippen LogP contribution in [0.25, 0.3) is 34.1 Å². The zero-order chi connectivity index (χ0) is 16.4. The van der Waals surface area contributed by atoms with Crippen molar-refractivity contribution < 1.29 is 10.0 Å². The summed E-state index contributed by atoms with van der Waals surface area (Å²) in [6, 6.07) is 17.7. The number of benzene rings is 3. The van der Waals surface area contributed by atoms with Crippen LogP contribution in [0.1, 0.15) is 11.1 Å². The van der Waals surface area contributed by atoms with E-state index in [9.17, 15) is 10.0 Å². The first-order valence-electron chi connectivity index (χ1n) is 7.44. The van der Waals surface area contributed by atoms with Gasteiger partial charge in [-0.2, -0.15) is 0 Å². The third kappa shape index (κ3) is 2.50. The van der Waals surface area contributed by atoms with Gasteiger partial charge in [-0.15, -0.1) is 0 Å². The van der Waals surface area contributed by atoms with E-state index in [0.29, 0.717) is 11.0 Å². The minimum Gasteiger partial charge on any atom is -0.423 e. The van der Waals surface area contributed by atoms with Crippen LogP contribution in [-0.4, -0.2) is 17.2 Å². The topological polar surface area (TPSA) is 40.5 Å². The maximum atomic E-state index is 9.89. The smallest absolute Gasteiger partial charge is 0.423 e. The van der Waals surface area contributed by atoms with E-state index in [1.165, 1.54) is 0 Å². The number of hydrogen-bond donors (Lipinski definition) is 2. The normalized spacial score (nSPS) is 10.5. The van der Waals surface area contributed by atoms with Crippen LogP contribution in [0, 0.1) is 0 Å². The molecule has 23 heavy (non-hydrogen) atoms. The van der Waals surface area contributed by atoms with Gasteiger partial charge in [0.25, 0.3) is 0 Å². The Balaban J connectivity index is 2.56. The first-order chi connectivity index (χ1) is 11.2. The average molecular weight is 300 g/mol. The summed E-state index contributed by atoms with van der Waals surface area (Å²) >= 11 is 0. The molecule has 0 aliphatic carbocycles. The van der Waals surface area contributed by atoms with Gasteiger partial charge in [-0.25, -0.2) is 0 Å². The molecule has 3 heteroatoms. The van der Waals surface area contributed by atoms with E-state index in [4.69, 9.17) is 0 Å². The Morgan fingerprint density at radius 3 is 1.87 bits per heavy atom. The second-order valence-electron chi connectivity index (χ2n) is 5.31. The van der Waals surface area contributed by atoms with Crippen molar-refractivity contribution in [2.24, 2.45) is 0 Å². The van der Waals surface area contributed by atoms with Crippen molar-refractivity contribution in [1.29, 1.82) is 0 Å². The molecular formula is C20H17BO2. The highest BCUT2D eigenvalue weighted by molar-refractivity contribution is 6.63. The van der Waals surface area contributed by atoms with E-state index in [1.807, 2.05) is 54.6 Å². The van der Waals surface area contributed by atoms with Gasteiger partial charge >= 0.3 is 7.12 Å². The molecule has 0 fully saturated rings. The van der Waals surface area contributed by atoms with Gasteiger partial charge in [-0.05, 0) is 38.5 Å². The maximum Gasteiger partial charge on any atom is 0.489 e.